The molecular weight excluding hydrogens is 290 g/mol. The summed E-state index contributed by atoms with van der Waals surface area (Å²) in [6.07, 6.45) is 4.90. The third-order valence-corrected chi connectivity index (χ3v) is 3.38. The Bertz CT molecular complexity index is 440. The van der Waals surface area contributed by atoms with Crippen molar-refractivity contribution < 1.29 is 14.7 Å². The van der Waals surface area contributed by atoms with Gasteiger partial charge in [-0.2, -0.15) is 0 Å². The molecule has 0 saturated heterocycles. The van der Waals surface area contributed by atoms with Crippen LogP contribution in [0.1, 0.15) is 63.5 Å². The van der Waals surface area contributed by atoms with E-state index in [0.29, 0.717) is 19.4 Å². The molecule has 0 aliphatic carbocycles. The normalized spacial score (nSPS) is 9.70. The SMILES string of the molecule is CC.Cc1ccc(CCCC(=O)NCCCCCC(=O)O)cc1. The summed E-state index contributed by atoms with van der Waals surface area (Å²) < 4.78 is 0. The van der Waals surface area contributed by atoms with Crippen molar-refractivity contribution >= 4 is 11.9 Å². The van der Waals surface area contributed by atoms with Crippen LogP contribution >= 0.6 is 0 Å². The lowest BCUT2D eigenvalue weighted by molar-refractivity contribution is -0.137. The molecule has 0 aliphatic rings. The van der Waals surface area contributed by atoms with Crippen LogP contribution in [0.4, 0.5) is 0 Å². The smallest absolute Gasteiger partial charge is 0.303 e. The molecule has 0 aliphatic heterocycles. The quantitative estimate of drug-likeness (QED) is 0.637. The minimum absolute atomic E-state index is 0.0837. The standard InChI is InChI=1S/C17H25NO3.C2H6/c1-14-9-11-15(12-10-14)6-5-7-16(19)18-13-4-2-3-8-17(20)21;1-2/h9-12H,2-8,13H2,1H3,(H,18,19)(H,20,21);1-2H3. The second-order valence-corrected chi connectivity index (χ2v) is 5.39. The van der Waals surface area contributed by atoms with Gasteiger partial charge < -0.3 is 10.4 Å². The van der Waals surface area contributed by atoms with Crippen molar-refractivity contribution in [3.05, 3.63) is 35.4 Å². The fourth-order valence-corrected chi connectivity index (χ4v) is 2.10. The number of hydrogen-bond donors (Lipinski definition) is 2. The molecule has 4 heteroatoms. The molecule has 0 heterocycles. The molecule has 0 radical (unpaired) electrons. The van der Waals surface area contributed by atoms with E-state index in [2.05, 4.69) is 36.5 Å². The maximum atomic E-state index is 11.6. The maximum absolute atomic E-state index is 11.6. The van der Waals surface area contributed by atoms with E-state index in [9.17, 15) is 9.59 Å². The number of nitrogens with one attached hydrogen (secondary N) is 1. The zero-order valence-corrected chi connectivity index (χ0v) is 14.7. The van der Waals surface area contributed by atoms with Gasteiger partial charge >= 0.3 is 5.97 Å². The largest absolute Gasteiger partial charge is 0.481 e. The van der Waals surface area contributed by atoms with Gasteiger partial charge in [-0.25, -0.2) is 0 Å². The van der Waals surface area contributed by atoms with E-state index in [1.54, 1.807) is 0 Å². The summed E-state index contributed by atoms with van der Waals surface area (Å²) >= 11 is 0. The number of carbonyl (C=O) groups excluding carboxylic acids is 1. The first-order valence-corrected chi connectivity index (χ1v) is 8.62. The third-order valence-electron chi connectivity index (χ3n) is 3.38. The van der Waals surface area contributed by atoms with E-state index in [0.717, 1.165) is 25.7 Å². The minimum Gasteiger partial charge on any atom is -0.481 e. The molecule has 0 saturated carbocycles. The molecule has 1 amide bonds. The minimum atomic E-state index is -0.754. The number of hydrogen-bond acceptors (Lipinski definition) is 2. The molecule has 0 spiro atoms. The van der Waals surface area contributed by atoms with Crippen molar-refractivity contribution in [1.29, 1.82) is 0 Å². The Morgan fingerprint density at radius 3 is 2.22 bits per heavy atom. The second kappa shape index (κ2) is 13.8. The van der Waals surface area contributed by atoms with E-state index in [4.69, 9.17) is 5.11 Å². The zero-order chi connectivity index (χ0) is 17.5. The molecule has 130 valence electrons. The van der Waals surface area contributed by atoms with Gasteiger partial charge in [-0.05, 0) is 38.2 Å². The van der Waals surface area contributed by atoms with E-state index in [-0.39, 0.29) is 12.3 Å². The lowest BCUT2D eigenvalue weighted by Crippen LogP contribution is -2.24. The van der Waals surface area contributed by atoms with Crippen molar-refractivity contribution in [3.63, 3.8) is 0 Å². The summed E-state index contributed by atoms with van der Waals surface area (Å²) in [6, 6.07) is 8.39. The molecule has 0 fully saturated rings. The Balaban J connectivity index is 0.00000232. The number of aryl methyl sites for hydroxylation is 2. The zero-order valence-electron chi connectivity index (χ0n) is 14.7. The van der Waals surface area contributed by atoms with E-state index < -0.39 is 5.97 Å². The van der Waals surface area contributed by atoms with Gasteiger partial charge in [0.05, 0.1) is 0 Å². The molecule has 0 unspecified atom stereocenters. The van der Waals surface area contributed by atoms with Crippen LogP contribution in [-0.4, -0.2) is 23.5 Å². The highest BCUT2D eigenvalue weighted by atomic mass is 16.4. The first-order chi connectivity index (χ1) is 11.1. The highest BCUT2D eigenvalue weighted by Gasteiger charge is 2.02. The molecule has 0 aromatic heterocycles. The predicted octanol–water partition coefficient (Wildman–Crippen LogP) is 4.11. The van der Waals surface area contributed by atoms with E-state index in [1.807, 2.05) is 13.8 Å². The lowest BCUT2D eigenvalue weighted by Gasteiger charge is -2.05. The monoisotopic (exact) mass is 321 g/mol. The second-order valence-electron chi connectivity index (χ2n) is 5.39. The van der Waals surface area contributed by atoms with Crippen LogP contribution in [-0.2, 0) is 16.0 Å². The van der Waals surface area contributed by atoms with Crippen molar-refractivity contribution in [3.8, 4) is 0 Å². The van der Waals surface area contributed by atoms with Gasteiger partial charge in [0.2, 0.25) is 5.91 Å². The molecule has 0 bridgehead atoms. The summed E-state index contributed by atoms with van der Waals surface area (Å²) in [7, 11) is 0. The van der Waals surface area contributed by atoms with Gasteiger partial charge in [0.15, 0.2) is 0 Å². The molecule has 1 aromatic carbocycles. The van der Waals surface area contributed by atoms with Crippen LogP contribution in [0.3, 0.4) is 0 Å². The number of benzene rings is 1. The van der Waals surface area contributed by atoms with Gasteiger partial charge in [0.25, 0.3) is 0 Å². The Labute approximate surface area is 140 Å². The highest BCUT2D eigenvalue weighted by molar-refractivity contribution is 5.75. The van der Waals surface area contributed by atoms with Crippen LogP contribution in [0.5, 0.6) is 0 Å². The number of carboxylic acids is 1. The Morgan fingerprint density at radius 2 is 1.61 bits per heavy atom. The molecule has 23 heavy (non-hydrogen) atoms. The summed E-state index contributed by atoms with van der Waals surface area (Å²) in [5, 5.41) is 11.4. The Kier molecular flexibility index (Phi) is 12.7. The van der Waals surface area contributed by atoms with Crippen LogP contribution in [0, 0.1) is 6.92 Å². The average Bonchev–Trinajstić information content (AvgIpc) is 2.54. The lowest BCUT2D eigenvalue weighted by atomic mass is 10.1. The van der Waals surface area contributed by atoms with Gasteiger partial charge in [-0.1, -0.05) is 50.1 Å². The molecule has 1 aromatic rings. The third kappa shape index (κ3) is 12.4. The highest BCUT2D eigenvalue weighted by Crippen LogP contribution is 2.07. The summed E-state index contributed by atoms with van der Waals surface area (Å²) in [4.78, 5) is 21.9. The molecule has 1 rings (SSSR count). The van der Waals surface area contributed by atoms with Gasteiger partial charge in [-0.3, -0.25) is 9.59 Å². The van der Waals surface area contributed by atoms with E-state index >= 15 is 0 Å². The number of unbranched alkanes of at least 4 members (excludes halogenated alkanes) is 2. The first kappa shape index (κ1) is 21.2. The average molecular weight is 321 g/mol. The predicted molar refractivity (Wildman–Crippen MR) is 94.6 cm³/mol. The maximum Gasteiger partial charge on any atom is 0.303 e. The number of rotatable bonds is 10. The number of carboxylic acid groups (broad SMARTS) is 1. The first-order valence-electron chi connectivity index (χ1n) is 8.62. The molecule has 2 N–H and O–H groups in total. The van der Waals surface area contributed by atoms with Crippen molar-refractivity contribution in [2.45, 2.75) is 65.7 Å². The molecular formula is C19H31NO3. The fourth-order valence-electron chi connectivity index (χ4n) is 2.10. The summed E-state index contributed by atoms with van der Waals surface area (Å²) in [5.74, 6) is -0.671. The van der Waals surface area contributed by atoms with Gasteiger partial charge in [0.1, 0.15) is 0 Å². The van der Waals surface area contributed by atoms with Crippen molar-refractivity contribution in [2.24, 2.45) is 0 Å². The number of carbonyl (C=O) groups is 2. The van der Waals surface area contributed by atoms with E-state index in [1.165, 1.54) is 11.1 Å². The van der Waals surface area contributed by atoms with Crippen molar-refractivity contribution in [1.82, 2.24) is 5.32 Å². The van der Waals surface area contributed by atoms with Crippen molar-refractivity contribution in [2.75, 3.05) is 6.54 Å². The summed E-state index contributed by atoms with van der Waals surface area (Å²) in [5.41, 5.74) is 2.52. The van der Waals surface area contributed by atoms with Crippen LogP contribution in [0.2, 0.25) is 0 Å². The van der Waals surface area contributed by atoms with Crippen LogP contribution in [0.25, 0.3) is 0 Å². The Morgan fingerprint density at radius 1 is 0.957 bits per heavy atom. The molecule has 4 nitrogen and oxygen atoms in total. The van der Waals surface area contributed by atoms with Crippen LogP contribution in [0.15, 0.2) is 24.3 Å². The van der Waals surface area contributed by atoms with Crippen LogP contribution < -0.4 is 5.32 Å². The topological polar surface area (TPSA) is 66.4 Å². The number of aliphatic carboxylic acids is 1. The molecule has 0 atom stereocenters. The van der Waals surface area contributed by atoms with Gasteiger partial charge in [-0.15, -0.1) is 0 Å². The summed E-state index contributed by atoms with van der Waals surface area (Å²) in [6.45, 7) is 6.71. The number of amides is 1. The Hall–Kier alpha value is -1.84. The van der Waals surface area contributed by atoms with Gasteiger partial charge in [0, 0.05) is 19.4 Å². The fraction of sp³-hybridized carbons (Fsp3) is 0.579.